The Balaban J connectivity index is 1.51. The molecule has 2 fully saturated rings. The van der Waals surface area contributed by atoms with Crippen molar-refractivity contribution in [2.75, 3.05) is 13.2 Å². The van der Waals surface area contributed by atoms with E-state index in [1.165, 1.54) is 11.1 Å². The van der Waals surface area contributed by atoms with Crippen LogP contribution in [0.3, 0.4) is 0 Å². The lowest BCUT2D eigenvalue weighted by molar-refractivity contribution is -0.134. The number of nitrogens with zero attached hydrogens (tertiary/aromatic N) is 2. The largest absolute Gasteiger partial charge is 0.486 e. The highest BCUT2D eigenvalue weighted by Crippen LogP contribution is 2.58. The van der Waals surface area contributed by atoms with Gasteiger partial charge in [0.2, 0.25) is 5.91 Å². The van der Waals surface area contributed by atoms with Gasteiger partial charge in [-0.25, -0.2) is 5.01 Å². The molecule has 2 aromatic carbocycles. The number of carbonyl (C=O) groups excluding carboxylic acids is 1. The lowest BCUT2D eigenvalue weighted by Crippen LogP contribution is -2.43. The minimum atomic E-state index is -0.221. The minimum absolute atomic E-state index is 0.150. The predicted molar refractivity (Wildman–Crippen MR) is 109 cm³/mol. The topological polar surface area (TPSA) is 42.0 Å². The highest BCUT2D eigenvalue weighted by molar-refractivity contribution is 5.83. The Bertz CT molecular complexity index is 1040. The van der Waals surface area contributed by atoms with Crippen LogP contribution in [0.4, 0.5) is 0 Å². The zero-order valence-corrected chi connectivity index (χ0v) is 16.7. The minimum Gasteiger partial charge on any atom is -0.486 e. The highest BCUT2D eigenvalue weighted by Gasteiger charge is 2.59. The SMILES string of the molecule is CC1(C)CC(=O)N2/C(=C/c3ccccc3)C3Cc4cc5c(cc4C3N21)OCCO5. The molecular formula is C24H24N2O3. The molecule has 148 valence electrons. The van der Waals surface area contributed by atoms with Gasteiger partial charge in [0.25, 0.3) is 0 Å². The third-order valence-corrected chi connectivity index (χ3v) is 6.60. The van der Waals surface area contributed by atoms with E-state index in [-0.39, 0.29) is 23.4 Å². The van der Waals surface area contributed by atoms with E-state index in [2.05, 4.69) is 49.2 Å². The molecule has 6 rings (SSSR count). The number of ether oxygens (including phenoxy) is 2. The van der Waals surface area contributed by atoms with Crippen LogP contribution in [0.5, 0.6) is 11.5 Å². The zero-order chi connectivity index (χ0) is 19.8. The first-order valence-corrected chi connectivity index (χ1v) is 10.3. The molecule has 0 aromatic heterocycles. The van der Waals surface area contributed by atoms with E-state index in [0.29, 0.717) is 19.6 Å². The third-order valence-electron chi connectivity index (χ3n) is 6.60. The van der Waals surface area contributed by atoms with Gasteiger partial charge in [-0.15, -0.1) is 0 Å². The Labute approximate surface area is 170 Å². The molecule has 2 aromatic rings. The summed E-state index contributed by atoms with van der Waals surface area (Å²) in [6.45, 7) is 5.52. The summed E-state index contributed by atoms with van der Waals surface area (Å²) in [5.74, 6) is 2.10. The van der Waals surface area contributed by atoms with Crippen molar-refractivity contribution in [2.45, 2.75) is 38.3 Å². The summed E-state index contributed by atoms with van der Waals surface area (Å²) in [4.78, 5) is 13.0. The summed E-state index contributed by atoms with van der Waals surface area (Å²) in [5, 5.41) is 4.28. The number of carbonyl (C=O) groups is 1. The van der Waals surface area contributed by atoms with Crippen LogP contribution in [0.2, 0.25) is 0 Å². The van der Waals surface area contributed by atoms with Gasteiger partial charge in [-0.2, -0.15) is 5.01 Å². The van der Waals surface area contributed by atoms with Gasteiger partial charge in [0, 0.05) is 23.6 Å². The number of hydrazine groups is 1. The summed E-state index contributed by atoms with van der Waals surface area (Å²) in [5.41, 5.74) is 4.58. The Hall–Kier alpha value is -2.79. The molecule has 5 nitrogen and oxygen atoms in total. The molecule has 3 heterocycles. The molecule has 0 N–H and O–H groups in total. The fourth-order valence-electron chi connectivity index (χ4n) is 5.46. The first-order chi connectivity index (χ1) is 14.0. The average Bonchev–Trinajstić information content (AvgIpc) is 3.29. The number of benzene rings is 2. The molecule has 2 atom stereocenters. The van der Waals surface area contributed by atoms with Crippen molar-refractivity contribution in [3.8, 4) is 11.5 Å². The van der Waals surface area contributed by atoms with Gasteiger partial charge < -0.3 is 9.47 Å². The fourth-order valence-corrected chi connectivity index (χ4v) is 5.46. The Morgan fingerprint density at radius 1 is 1.07 bits per heavy atom. The van der Waals surface area contributed by atoms with Crippen LogP contribution in [-0.4, -0.2) is 34.7 Å². The summed E-state index contributed by atoms with van der Waals surface area (Å²) in [6.07, 6.45) is 3.63. The van der Waals surface area contributed by atoms with Gasteiger partial charge in [0.05, 0.1) is 6.04 Å². The van der Waals surface area contributed by atoms with Crippen LogP contribution in [-0.2, 0) is 11.2 Å². The average molecular weight is 388 g/mol. The van der Waals surface area contributed by atoms with Crippen LogP contribution in [0.25, 0.3) is 6.08 Å². The van der Waals surface area contributed by atoms with Gasteiger partial charge in [-0.3, -0.25) is 4.79 Å². The lowest BCUT2D eigenvalue weighted by Gasteiger charge is -2.35. The van der Waals surface area contributed by atoms with Crippen LogP contribution in [0.15, 0.2) is 48.2 Å². The molecule has 1 amide bonds. The van der Waals surface area contributed by atoms with E-state index in [1.807, 2.05) is 23.2 Å². The molecule has 4 aliphatic rings. The maximum Gasteiger partial charge on any atom is 0.243 e. The van der Waals surface area contributed by atoms with Crippen LogP contribution < -0.4 is 9.47 Å². The van der Waals surface area contributed by atoms with Crippen molar-refractivity contribution in [1.29, 1.82) is 0 Å². The van der Waals surface area contributed by atoms with E-state index < -0.39 is 0 Å². The normalized spacial score (nSPS) is 27.9. The third kappa shape index (κ3) is 2.40. The lowest BCUT2D eigenvalue weighted by atomic mass is 9.92. The smallest absolute Gasteiger partial charge is 0.243 e. The van der Waals surface area contributed by atoms with Gasteiger partial charge in [0.15, 0.2) is 11.5 Å². The first kappa shape index (κ1) is 17.1. The Morgan fingerprint density at radius 2 is 1.79 bits per heavy atom. The van der Waals surface area contributed by atoms with E-state index in [9.17, 15) is 4.79 Å². The maximum atomic E-state index is 13.0. The second-order valence-corrected chi connectivity index (χ2v) is 8.97. The second kappa shape index (κ2) is 5.86. The monoisotopic (exact) mass is 388 g/mol. The standard InChI is InChI=1S/C24H24N2O3/c1-24(2)14-22(27)25-19(10-15-6-4-3-5-7-15)18-11-16-12-20-21(29-9-8-28-20)13-17(16)23(18)26(24)25/h3-7,10,12-13,18,23H,8-9,11,14H2,1-2H3/b19-10+. The number of hydrogen-bond donors (Lipinski definition) is 0. The van der Waals surface area contributed by atoms with Crippen LogP contribution in [0, 0.1) is 5.92 Å². The predicted octanol–water partition coefficient (Wildman–Crippen LogP) is 3.95. The molecule has 3 aliphatic heterocycles. The van der Waals surface area contributed by atoms with Crippen molar-refractivity contribution < 1.29 is 14.3 Å². The van der Waals surface area contributed by atoms with Crippen molar-refractivity contribution >= 4 is 12.0 Å². The van der Waals surface area contributed by atoms with E-state index >= 15 is 0 Å². The quantitative estimate of drug-likeness (QED) is 0.742. The van der Waals surface area contributed by atoms with Crippen molar-refractivity contribution in [3.05, 3.63) is 64.9 Å². The molecule has 0 spiro atoms. The van der Waals surface area contributed by atoms with Gasteiger partial charge in [0.1, 0.15) is 13.2 Å². The maximum absolute atomic E-state index is 13.0. The van der Waals surface area contributed by atoms with Gasteiger partial charge >= 0.3 is 0 Å². The van der Waals surface area contributed by atoms with Crippen molar-refractivity contribution in [1.82, 2.24) is 10.0 Å². The molecule has 0 bridgehead atoms. The van der Waals surface area contributed by atoms with E-state index in [4.69, 9.17) is 9.47 Å². The number of fused-ring (bicyclic) bond motifs is 6. The second-order valence-electron chi connectivity index (χ2n) is 8.97. The van der Waals surface area contributed by atoms with E-state index in [1.54, 1.807) is 0 Å². The molecule has 0 radical (unpaired) electrons. The van der Waals surface area contributed by atoms with Crippen molar-refractivity contribution in [2.24, 2.45) is 5.92 Å². The summed E-state index contributed by atoms with van der Waals surface area (Å²) < 4.78 is 11.7. The number of rotatable bonds is 1. The molecule has 0 saturated carbocycles. The molecular weight excluding hydrogens is 364 g/mol. The molecule has 2 unspecified atom stereocenters. The van der Waals surface area contributed by atoms with E-state index in [0.717, 1.165) is 29.2 Å². The number of hydrogen-bond acceptors (Lipinski definition) is 4. The summed E-state index contributed by atoms with van der Waals surface area (Å²) in [6, 6.07) is 14.7. The highest BCUT2D eigenvalue weighted by atomic mass is 16.6. The number of amides is 1. The van der Waals surface area contributed by atoms with Crippen molar-refractivity contribution in [3.63, 3.8) is 0 Å². The Kier molecular flexibility index (Phi) is 3.46. The van der Waals surface area contributed by atoms with Crippen LogP contribution >= 0.6 is 0 Å². The summed E-state index contributed by atoms with van der Waals surface area (Å²) in [7, 11) is 0. The molecule has 1 aliphatic carbocycles. The molecule has 5 heteroatoms. The summed E-state index contributed by atoms with van der Waals surface area (Å²) >= 11 is 0. The molecule has 2 saturated heterocycles. The zero-order valence-electron chi connectivity index (χ0n) is 16.7. The Morgan fingerprint density at radius 3 is 2.55 bits per heavy atom. The van der Waals surface area contributed by atoms with Gasteiger partial charge in [-0.05, 0) is 55.2 Å². The molecule has 29 heavy (non-hydrogen) atoms. The van der Waals surface area contributed by atoms with Crippen LogP contribution in [0.1, 0.15) is 43.0 Å². The first-order valence-electron chi connectivity index (χ1n) is 10.3. The van der Waals surface area contributed by atoms with Gasteiger partial charge in [-0.1, -0.05) is 30.3 Å². The fraction of sp³-hybridized carbons (Fsp3) is 0.375.